The van der Waals surface area contributed by atoms with E-state index >= 15 is 0 Å². The lowest BCUT2D eigenvalue weighted by molar-refractivity contribution is -0.144. The second kappa shape index (κ2) is 13.4. The molecule has 0 spiro atoms. The van der Waals surface area contributed by atoms with Gasteiger partial charge in [-0.1, -0.05) is 50.8 Å². The van der Waals surface area contributed by atoms with Crippen LogP contribution >= 0.6 is 0 Å². The minimum atomic E-state index is -0.206. The van der Waals surface area contributed by atoms with E-state index in [9.17, 15) is 4.79 Å². The van der Waals surface area contributed by atoms with Crippen molar-refractivity contribution in [2.75, 3.05) is 0 Å². The molecule has 2 nitrogen and oxygen atoms in total. The molecule has 2 heteroatoms. The van der Waals surface area contributed by atoms with Gasteiger partial charge in [0, 0.05) is 6.92 Å². The number of hydrogen-bond acceptors (Lipinski definition) is 2. The van der Waals surface area contributed by atoms with Gasteiger partial charge in [0.05, 0.1) is 0 Å². The summed E-state index contributed by atoms with van der Waals surface area (Å²) in [7, 11) is 0. The van der Waals surface area contributed by atoms with E-state index in [2.05, 4.69) is 19.1 Å². The molecule has 19 heavy (non-hydrogen) atoms. The summed E-state index contributed by atoms with van der Waals surface area (Å²) in [6, 6.07) is 0. The Hall–Kier alpha value is -1.05. The third-order valence-electron chi connectivity index (χ3n) is 2.98. The summed E-state index contributed by atoms with van der Waals surface area (Å²) in [5, 5.41) is 0. The van der Waals surface area contributed by atoms with Crippen molar-refractivity contribution < 1.29 is 9.53 Å². The Kier molecular flexibility index (Phi) is 12.6. The Bertz CT molecular complexity index is 266. The molecule has 0 radical (unpaired) electrons. The summed E-state index contributed by atoms with van der Waals surface area (Å²) in [6.07, 6.45) is 17.9. The minimum absolute atomic E-state index is 0.0725. The molecule has 0 saturated heterocycles. The number of hydrogen-bond donors (Lipinski definition) is 0. The van der Waals surface area contributed by atoms with Gasteiger partial charge in [-0.2, -0.15) is 0 Å². The molecule has 0 aliphatic rings. The predicted octanol–water partition coefficient (Wildman–Crippen LogP) is 5.19. The fraction of sp³-hybridized carbons (Fsp3) is 0.706. The van der Waals surface area contributed by atoms with Crippen LogP contribution in [0.25, 0.3) is 0 Å². The standard InChI is InChI=1S/C17H30O2/c1-4-6-7-8-9-10-11-12-13-15-17(14-5-2)19-16(3)18/h5,11-12,14,17H,4,6-10,13,15H2,1-3H3/b12-11+,14-5+. The largest absolute Gasteiger partial charge is 0.458 e. The van der Waals surface area contributed by atoms with Crippen LogP contribution in [0.15, 0.2) is 24.3 Å². The molecule has 0 aliphatic carbocycles. The van der Waals surface area contributed by atoms with E-state index in [-0.39, 0.29) is 12.1 Å². The monoisotopic (exact) mass is 266 g/mol. The van der Waals surface area contributed by atoms with Crippen LogP contribution < -0.4 is 0 Å². The fourth-order valence-electron chi connectivity index (χ4n) is 1.98. The van der Waals surface area contributed by atoms with Crippen LogP contribution in [0.4, 0.5) is 0 Å². The van der Waals surface area contributed by atoms with Crippen molar-refractivity contribution in [3.05, 3.63) is 24.3 Å². The van der Waals surface area contributed by atoms with E-state index in [1.165, 1.54) is 45.4 Å². The molecule has 110 valence electrons. The summed E-state index contributed by atoms with van der Waals surface area (Å²) in [6.45, 7) is 5.65. The molecule has 0 aliphatic heterocycles. The van der Waals surface area contributed by atoms with E-state index in [1.807, 2.05) is 19.1 Å². The number of unbranched alkanes of at least 4 members (excludes halogenated alkanes) is 5. The average molecular weight is 266 g/mol. The highest BCUT2D eigenvalue weighted by atomic mass is 16.5. The van der Waals surface area contributed by atoms with Crippen LogP contribution in [-0.4, -0.2) is 12.1 Å². The Morgan fingerprint density at radius 3 is 2.42 bits per heavy atom. The average Bonchev–Trinajstić information content (AvgIpc) is 2.36. The summed E-state index contributed by atoms with van der Waals surface area (Å²) in [4.78, 5) is 10.9. The number of rotatable bonds is 11. The predicted molar refractivity (Wildman–Crippen MR) is 82.1 cm³/mol. The molecule has 0 amide bonds. The van der Waals surface area contributed by atoms with Crippen LogP contribution in [0.1, 0.15) is 72.1 Å². The van der Waals surface area contributed by atoms with Gasteiger partial charge in [0.25, 0.3) is 0 Å². The molecule has 0 saturated carbocycles. The number of allylic oxidation sites excluding steroid dienone is 3. The summed E-state index contributed by atoms with van der Waals surface area (Å²) >= 11 is 0. The summed E-state index contributed by atoms with van der Waals surface area (Å²) in [5.74, 6) is -0.206. The van der Waals surface area contributed by atoms with Gasteiger partial charge in [0.15, 0.2) is 0 Å². The lowest BCUT2D eigenvalue weighted by atomic mass is 10.1. The smallest absolute Gasteiger partial charge is 0.303 e. The second-order valence-corrected chi connectivity index (χ2v) is 4.93. The maximum Gasteiger partial charge on any atom is 0.303 e. The number of carbonyl (C=O) groups excluding carboxylic acids is 1. The number of ether oxygens (including phenoxy) is 1. The van der Waals surface area contributed by atoms with Gasteiger partial charge in [-0.3, -0.25) is 4.79 Å². The molecule has 0 rings (SSSR count). The highest BCUT2D eigenvalue weighted by molar-refractivity contribution is 5.66. The van der Waals surface area contributed by atoms with Gasteiger partial charge in [0.1, 0.15) is 6.10 Å². The van der Waals surface area contributed by atoms with Crippen molar-refractivity contribution in [3.8, 4) is 0 Å². The van der Waals surface area contributed by atoms with Crippen molar-refractivity contribution in [1.82, 2.24) is 0 Å². The SMILES string of the molecule is C/C=C/C(CC/C=C/CCCCCCC)OC(C)=O. The first-order valence-electron chi connectivity index (χ1n) is 7.65. The number of carbonyl (C=O) groups is 1. The molecule has 1 atom stereocenters. The fourth-order valence-corrected chi connectivity index (χ4v) is 1.98. The maximum atomic E-state index is 10.9. The van der Waals surface area contributed by atoms with E-state index < -0.39 is 0 Å². The van der Waals surface area contributed by atoms with Gasteiger partial charge in [-0.25, -0.2) is 0 Å². The molecule has 0 fully saturated rings. The zero-order valence-corrected chi connectivity index (χ0v) is 12.9. The molecule has 0 bridgehead atoms. The Morgan fingerprint density at radius 2 is 1.79 bits per heavy atom. The first-order valence-corrected chi connectivity index (χ1v) is 7.65. The lowest BCUT2D eigenvalue weighted by Gasteiger charge is -2.11. The third-order valence-corrected chi connectivity index (χ3v) is 2.98. The summed E-state index contributed by atoms with van der Waals surface area (Å²) in [5.41, 5.74) is 0. The molecular weight excluding hydrogens is 236 g/mol. The zero-order chi connectivity index (χ0) is 14.3. The lowest BCUT2D eigenvalue weighted by Crippen LogP contribution is -2.13. The van der Waals surface area contributed by atoms with Gasteiger partial charge < -0.3 is 4.74 Å². The van der Waals surface area contributed by atoms with E-state index in [4.69, 9.17) is 4.74 Å². The van der Waals surface area contributed by atoms with Crippen LogP contribution in [0.2, 0.25) is 0 Å². The van der Waals surface area contributed by atoms with E-state index in [1.54, 1.807) is 0 Å². The highest BCUT2D eigenvalue weighted by Gasteiger charge is 2.05. The van der Waals surface area contributed by atoms with Crippen LogP contribution in [-0.2, 0) is 9.53 Å². The normalized spacial score (nSPS) is 13.2. The van der Waals surface area contributed by atoms with E-state index in [0.717, 1.165) is 12.8 Å². The number of esters is 1. The highest BCUT2D eigenvalue weighted by Crippen LogP contribution is 2.08. The topological polar surface area (TPSA) is 26.3 Å². The molecule has 0 N–H and O–H groups in total. The Balaban J connectivity index is 3.60. The summed E-state index contributed by atoms with van der Waals surface area (Å²) < 4.78 is 5.20. The molecular formula is C17H30O2. The quantitative estimate of drug-likeness (QED) is 0.292. The molecule has 0 aromatic rings. The first-order chi connectivity index (χ1) is 9.20. The van der Waals surface area contributed by atoms with Crippen molar-refractivity contribution in [2.24, 2.45) is 0 Å². The maximum absolute atomic E-state index is 10.9. The molecule has 1 unspecified atom stereocenters. The van der Waals surface area contributed by atoms with Gasteiger partial charge >= 0.3 is 5.97 Å². The Labute approximate surface area is 118 Å². The molecule has 0 aromatic carbocycles. The molecule has 0 aromatic heterocycles. The van der Waals surface area contributed by atoms with Crippen molar-refractivity contribution in [2.45, 2.75) is 78.2 Å². The van der Waals surface area contributed by atoms with Crippen LogP contribution in [0.5, 0.6) is 0 Å². The van der Waals surface area contributed by atoms with Gasteiger partial charge in [-0.15, -0.1) is 0 Å². The van der Waals surface area contributed by atoms with Gasteiger partial charge in [0.2, 0.25) is 0 Å². The van der Waals surface area contributed by atoms with Crippen molar-refractivity contribution >= 4 is 5.97 Å². The van der Waals surface area contributed by atoms with Crippen molar-refractivity contribution in [1.29, 1.82) is 0 Å². The zero-order valence-electron chi connectivity index (χ0n) is 12.9. The first kappa shape index (κ1) is 17.9. The van der Waals surface area contributed by atoms with Crippen LogP contribution in [0, 0.1) is 0 Å². The minimum Gasteiger partial charge on any atom is -0.458 e. The van der Waals surface area contributed by atoms with Crippen molar-refractivity contribution in [3.63, 3.8) is 0 Å². The Morgan fingerprint density at radius 1 is 1.11 bits per heavy atom. The van der Waals surface area contributed by atoms with Gasteiger partial charge in [-0.05, 0) is 38.7 Å². The van der Waals surface area contributed by atoms with Crippen LogP contribution in [0.3, 0.4) is 0 Å². The second-order valence-electron chi connectivity index (χ2n) is 4.93. The molecule has 0 heterocycles. The third kappa shape index (κ3) is 13.2. The van der Waals surface area contributed by atoms with E-state index in [0.29, 0.717) is 0 Å².